The predicted molar refractivity (Wildman–Crippen MR) is 118 cm³/mol. The smallest absolute Gasteiger partial charge is 0.328 e. The second kappa shape index (κ2) is 9.15. The summed E-state index contributed by atoms with van der Waals surface area (Å²) in [4.78, 5) is 29.1. The fourth-order valence-corrected chi connectivity index (χ4v) is 5.01. The van der Waals surface area contributed by atoms with Gasteiger partial charge in [0.05, 0.1) is 7.11 Å². The molecule has 30 heavy (non-hydrogen) atoms. The third-order valence-corrected chi connectivity index (χ3v) is 6.96. The number of hydrogen-bond acceptors (Lipinski definition) is 4. The Balaban J connectivity index is 1.68. The largest absolute Gasteiger partial charge is 0.467 e. The molecule has 2 aliphatic rings. The van der Waals surface area contributed by atoms with E-state index in [0.29, 0.717) is 25.2 Å². The summed E-state index contributed by atoms with van der Waals surface area (Å²) in [5.74, 6) is -0.431. The normalized spacial score (nSPS) is 22.1. The maximum Gasteiger partial charge on any atom is 0.328 e. The molecule has 1 unspecified atom stereocenters. The Morgan fingerprint density at radius 3 is 2.23 bits per heavy atom. The van der Waals surface area contributed by atoms with Gasteiger partial charge in [0.25, 0.3) is 0 Å². The summed E-state index contributed by atoms with van der Waals surface area (Å²) < 4.78 is 4.84. The van der Waals surface area contributed by atoms with Gasteiger partial charge in [-0.3, -0.25) is 4.90 Å². The van der Waals surface area contributed by atoms with Gasteiger partial charge in [-0.25, -0.2) is 9.59 Å². The molecule has 0 saturated carbocycles. The number of urea groups is 1. The molecule has 2 fully saturated rings. The molecule has 0 aliphatic carbocycles. The summed E-state index contributed by atoms with van der Waals surface area (Å²) in [6.07, 6.45) is 1.89. The fraction of sp³-hybridized carbons (Fsp3) is 0.652. The van der Waals surface area contributed by atoms with E-state index in [9.17, 15) is 9.59 Å². The quantitative estimate of drug-likeness (QED) is 0.707. The molecule has 0 aromatic heterocycles. The summed E-state index contributed by atoms with van der Waals surface area (Å²) in [6, 6.07) is 8.18. The first kappa shape index (κ1) is 22.9. The van der Waals surface area contributed by atoms with Crippen LogP contribution in [0.1, 0.15) is 52.1 Å². The molecule has 6 nitrogen and oxygen atoms in total. The van der Waals surface area contributed by atoms with Gasteiger partial charge in [0.2, 0.25) is 0 Å². The van der Waals surface area contributed by atoms with E-state index in [4.69, 9.17) is 16.3 Å². The van der Waals surface area contributed by atoms with Crippen molar-refractivity contribution in [2.75, 3.05) is 26.7 Å². The van der Waals surface area contributed by atoms with Gasteiger partial charge in [0, 0.05) is 42.2 Å². The lowest BCUT2D eigenvalue weighted by Crippen LogP contribution is -2.64. The number of carbonyl (C=O) groups is 2. The second-order valence-corrected chi connectivity index (χ2v) is 9.70. The average Bonchev–Trinajstić information content (AvgIpc) is 2.71. The number of methoxy groups -OCH3 is 1. The van der Waals surface area contributed by atoms with E-state index in [1.165, 1.54) is 12.7 Å². The monoisotopic (exact) mass is 435 g/mol. The van der Waals surface area contributed by atoms with E-state index in [2.05, 4.69) is 36.2 Å². The van der Waals surface area contributed by atoms with E-state index in [1.807, 2.05) is 30.9 Å². The number of ether oxygens (including phenoxy) is 1. The number of nitrogens with zero attached hydrogens (tertiary/aromatic N) is 2. The number of benzene rings is 1. The van der Waals surface area contributed by atoms with Crippen molar-refractivity contribution < 1.29 is 14.3 Å². The van der Waals surface area contributed by atoms with Crippen molar-refractivity contribution in [1.29, 1.82) is 0 Å². The zero-order valence-electron chi connectivity index (χ0n) is 18.7. The van der Waals surface area contributed by atoms with E-state index >= 15 is 0 Å². The van der Waals surface area contributed by atoms with Crippen molar-refractivity contribution in [1.82, 2.24) is 15.1 Å². The number of halogens is 1. The minimum absolute atomic E-state index is 0.0296. The lowest BCUT2D eigenvalue weighted by Gasteiger charge is -2.62. The van der Waals surface area contributed by atoms with Crippen LogP contribution in [0.3, 0.4) is 0 Å². The molecule has 2 heterocycles. The third-order valence-electron chi connectivity index (χ3n) is 6.71. The first-order valence-electron chi connectivity index (χ1n) is 10.8. The number of nitrogens with one attached hydrogen (secondary N) is 1. The Morgan fingerprint density at radius 2 is 1.73 bits per heavy atom. The Hall–Kier alpha value is -1.79. The minimum Gasteiger partial charge on any atom is -0.467 e. The molecular formula is C23H34ClN3O3. The molecule has 1 aromatic rings. The van der Waals surface area contributed by atoms with Gasteiger partial charge in [0.1, 0.15) is 6.04 Å². The highest BCUT2D eigenvalue weighted by Crippen LogP contribution is 2.55. The molecular weight excluding hydrogens is 402 g/mol. The van der Waals surface area contributed by atoms with Gasteiger partial charge in [-0.05, 0) is 50.3 Å². The Bertz CT molecular complexity index is 757. The van der Waals surface area contributed by atoms with Gasteiger partial charge >= 0.3 is 12.0 Å². The van der Waals surface area contributed by atoms with Crippen LogP contribution in [0.2, 0.25) is 5.02 Å². The highest BCUT2D eigenvalue weighted by Gasteiger charge is 2.54. The van der Waals surface area contributed by atoms with Gasteiger partial charge in [-0.15, -0.1) is 0 Å². The van der Waals surface area contributed by atoms with Crippen LogP contribution in [0.25, 0.3) is 0 Å². The van der Waals surface area contributed by atoms with Crippen molar-refractivity contribution in [3.63, 3.8) is 0 Å². The van der Waals surface area contributed by atoms with Crippen molar-refractivity contribution in [2.24, 2.45) is 11.3 Å². The molecule has 1 N–H and O–H groups in total. The maximum atomic E-state index is 12.8. The molecule has 166 valence electrons. The second-order valence-electron chi connectivity index (χ2n) is 9.26. The standard InChI is InChI=1S/C23H34ClN3O3/c1-15(2)19(21(28)30-5)25-22(29)26-12-10-23(11-13-26)14-27(16(3)4)20(23)17-6-8-18(24)9-7-17/h6-9,15-16,19-20H,10-14H2,1-5H3,(H,25,29)/t19-,20?/m0/s1. The molecule has 0 bridgehead atoms. The molecule has 2 aliphatic heterocycles. The molecule has 2 atom stereocenters. The van der Waals surface area contributed by atoms with Crippen molar-refractivity contribution in [3.05, 3.63) is 34.9 Å². The number of esters is 1. The van der Waals surface area contributed by atoms with E-state index < -0.39 is 12.0 Å². The van der Waals surface area contributed by atoms with Crippen molar-refractivity contribution in [3.8, 4) is 0 Å². The zero-order valence-corrected chi connectivity index (χ0v) is 19.4. The Labute approximate surface area is 184 Å². The van der Waals surface area contributed by atoms with Crippen LogP contribution >= 0.6 is 11.6 Å². The molecule has 3 rings (SSSR count). The van der Waals surface area contributed by atoms with Gasteiger partial charge < -0.3 is 15.0 Å². The number of carbonyl (C=O) groups excluding carboxylic acids is 2. The molecule has 2 saturated heterocycles. The van der Waals surface area contributed by atoms with Crippen LogP contribution in [0.15, 0.2) is 24.3 Å². The number of likely N-dealkylation sites (tertiary alicyclic amines) is 2. The summed E-state index contributed by atoms with van der Waals surface area (Å²) in [5, 5.41) is 3.61. The number of amides is 2. The highest BCUT2D eigenvalue weighted by molar-refractivity contribution is 6.30. The topological polar surface area (TPSA) is 61.9 Å². The molecule has 1 spiro atoms. The molecule has 2 amide bonds. The molecule has 7 heteroatoms. The van der Waals surface area contributed by atoms with Crippen molar-refractivity contribution >= 4 is 23.6 Å². The first-order chi connectivity index (χ1) is 14.2. The van der Waals surface area contributed by atoms with E-state index in [1.54, 1.807) is 0 Å². The summed E-state index contributed by atoms with van der Waals surface area (Å²) in [5.41, 5.74) is 1.47. The Morgan fingerprint density at radius 1 is 1.13 bits per heavy atom. The summed E-state index contributed by atoms with van der Waals surface area (Å²) in [6.45, 7) is 10.7. The predicted octanol–water partition coefficient (Wildman–Crippen LogP) is 4.09. The van der Waals surface area contributed by atoms with Crippen LogP contribution in [-0.2, 0) is 9.53 Å². The fourth-order valence-electron chi connectivity index (χ4n) is 4.89. The maximum absolute atomic E-state index is 12.8. The van der Waals surface area contributed by atoms with E-state index in [-0.39, 0.29) is 17.4 Å². The van der Waals surface area contributed by atoms with Gasteiger partial charge in [-0.1, -0.05) is 37.6 Å². The summed E-state index contributed by atoms with van der Waals surface area (Å²) in [7, 11) is 1.35. The zero-order chi connectivity index (χ0) is 22.1. The Kier molecular flexibility index (Phi) is 6.98. The van der Waals surface area contributed by atoms with Crippen LogP contribution in [0.5, 0.6) is 0 Å². The average molecular weight is 436 g/mol. The number of hydrogen-bond donors (Lipinski definition) is 1. The van der Waals surface area contributed by atoms with Gasteiger partial charge in [0.15, 0.2) is 0 Å². The lowest BCUT2D eigenvalue weighted by atomic mass is 9.62. The molecule has 1 aromatic carbocycles. The number of piperidine rings is 1. The van der Waals surface area contributed by atoms with Crippen LogP contribution in [0, 0.1) is 11.3 Å². The van der Waals surface area contributed by atoms with Crippen LogP contribution < -0.4 is 5.32 Å². The minimum atomic E-state index is -0.625. The number of rotatable bonds is 5. The molecule has 0 radical (unpaired) electrons. The van der Waals surface area contributed by atoms with Crippen LogP contribution in [-0.4, -0.2) is 60.6 Å². The van der Waals surface area contributed by atoms with Crippen LogP contribution in [0.4, 0.5) is 4.79 Å². The first-order valence-corrected chi connectivity index (χ1v) is 11.2. The SMILES string of the molecule is COC(=O)[C@@H](NC(=O)N1CCC2(CC1)CN(C(C)C)C2c1ccc(Cl)cc1)C(C)C. The van der Waals surface area contributed by atoms with Gasteiger partial charge in [-0.2, -0.15) is 0 Å². The lowest BCUT2D eigenvalue weighted by molar-refractivity contribution is -0.144. The van der Waals surface area contributed by atoms with E-state index in [0.717, 1.165) is 24.4 Å². The third kappa shape index (κ3) is 4.45. The summed E-state index contributed by atoms with van der Waals surface area (Å²) >= 11 is 6.11. The van der Waals surface area contributed by atoms with Crippen molar-refractivity contribution in [2.45, 2.75) is 58.7 Å². The highest BCUT2D eigenvalue weighted by atomic mass is 35.5.